The maximum atomic E-state index is 13.0. The van der Waals surface area contributed by atoms with Gasteiger partial charge in [0.15, 0.2) is 0 Å². The molecule has 4 amide bonds. The third-order valence-corrected chi connectivity index (χ3v) is 5.57. The lowest BCUT2D eigenvalue weighted by atomic mass is 10.1. The third-order valence-electron chi connectivity index (χ3n) is 5.57. The van der Waals surface area contributed by atoms with E-state index in [1.54, 1.807) is 0 Å². The molecule has 0 aromatic heterocycles. The smallest absolute Gasteiger partial charge is 0.416 e. The highest BCUT2D eigenvalue weighted by Crippen LogP contribution is 2.43. The van der Waals surface area contributed by atoms with Gasteiger partial charge in [-0.2, -0.15) is 13.2 Å². The Labute approximate surface area is 162 Å². The van der Waals surface area contributed by atoms with Crippen LogP contribution in [-0.2, 0) is 20.6 Å². The number of halogens is 3. The van der Waals surface area contributed by atoms with Crippen molar-refractivity contribution in [2.45, 2.75) is 43.6 Å². The molecule has 3 atom stereocenters. The Bertz CT molecular complexity index is 918. The Hall–Kier alpha value is -3.11. The number of aliphatic carboxylic acids is 1. The van der Waals surface area contributed by atoms with Crippen LogP contribution in [0.5, 0.6) is 0 Å². The number of anilines is 1. The molecule has 0 spiro atoms. The molecule has 1 aromatic rings. The van der Waals surface area contributed by atoms with Crippen molar-refractivity contribution in [3.8, 4) is 0 Å². The summed E-state index contributed by atoms with van der Waals surface area (Å²) in [5.74, 6) is -2.22. The van der Waals surface area contributed by atoms with Gasteiger partial charge < -0.3 is 14.9 Å². The first-order valence-corrected chi connectivity index (χ1v) is 8.94. The molecule has 0 saturated carbocycles. The summed E-state index contributed by atoms with van der Waals surface area (Å²) in [6.07, 6.45) is -4.79. The predicted octanol–water partition coefficient (Wildman–Crippen LogP) is 1.69. The molecule has 4 rings (SSSR count). The fourth-order valence-electron chi connectivity index (χ4n) is 4.36. The number of carboxylic acid groups (broad SMARTS) is 1. The van der Waals surface area contributed by atoms with Gasteiger partial charge in [0.25, 0.3) is 5.91 Å². The average Bonchev–Trinajstić information content (AvgIpc) is 3.30. The number of benzene rings is 1. The van der Waals surface area contributed by atoms with E-state index in [1.807, 2.05) is 0 Å². The van der Waals surface area contributed by atoms with Crippen molar-refractivity contribution in [1.29, 1.82) is 0 Å². The van der Waals surface area contributed by atoms with Gasteiger partial charge in [0.05, 0.1) is 29.8 Å². The van der Waals surface area contributed by atoms with Gasteiger partial charge >= 0.3 is 18.2 Å². The lowest BCUT2D eigenvalue weighted by Crippen LogP contribution is -2.54. The standard InChI is InChI=1S/C18H16F3N3O5/c19-18(20,21)9-2-1-3-10(6-9)24-16(28)15-12-7-11(23(15)17(24)29)8-22(12)13(25)4-5-14(26)27/h1-3,6,11-12,15H,4-5,7-8H2,(H,26,27)/t11-,12-,15+/m0/s1. The van der Waals surface area contributed by atoms with E-state index in [0.29, 0.717) is 6.42 Å². The van der Waals surface area contributed by atoms with Crippen LogP contribution in [0.15, 0.2) is 24.3 Å². The van der Waals surface area contributed by atoms with Crippen molar-refractivity contribution in [2.24, 2.45) is 0 Å². The highest BCUT2D eigenvalue weighted by atomic mass is 19.4. The van der Waals surface area contributed by atoms with E-state index in [9.17, 15) is 32.3 Å². The van der Waals surface area contributed by atoms with Crippen LogP contribution in [0, 0.1) is 0 Å². The van der Waals surface area contributed by atoms with Crippen LogP contribution in [0.1, 0.15) is 24.8 Å². The van der Waals surface area contributed by atoms with Crippen LogP contribution in [0.25, 0.3) is 0 Å². The second-order valence-corrected chi connectivity index (χ2v) is 7.25. The second-order valence-electron chi connectivity index (χ2n) is 7.25. The van der Waals surface area contributed by atoms with Crippen LogP contribution >= 0.6 is 0 Å². The van der Waals surface area contributed by atoms with Gasteiger partial charge in [-0.25, -0.2) is 9.69 Å². The van der Waals surface area contributed by atoms with Gasteiger partial charge in [0, 0.05) is 13.0 Å². The molecule has 3 saturated heterocycles. The fourth-order valence-corrected chi connectivity index (χ4v) is 4.36. The molecule has 2 bridgehead atoms. The van der Waals surface area contributed by atoms with E-state index in [-0.39, 0.29) is 25.1 Å². The Morgan fingerprint density at radius 3 is 2.55 bits per heavy atom. The molecule has 1 aromatic carbocycles. The molecular formula is C18H16F3N3O5. The molecule has 0 aliphatic carbocycles. The van der Waals surface area contributed by atoms with E-state index < -0.39 is 53.7 Å². The summed E-state index contributed by atoms with van der Waals surface area (Å²) in [6.45, 7) is 0.176. The summed E-state index contributed by atoms with van der Waals surface area (Å²) in [4.78, 5) is 52.2. The normalized spacial score (nSPS) is 25.8. The highest BCUT2D eigenvalue weighted by Gasteiger charge is 2.62. The van der Waals surface area contributed by atoms with Crippen molar-refractivity contribution < 1.29 is 37.5 Å². The van der Waals surface area contributed by atoms with Crippen molar-refractivity contribution in [3.05, 3.63) is 29.8 Å². The third kappa shape index (κ3) is 3.00. The number of alkyl halides is 3. The maximum Gasteiger partial charge on any atom is 0.416 e. The van der Waals surface area contributed by atoms with Crippen LogP contribution < -0.4 is 4.90 Å². The lowest BCUT2D eigenvalue weighted by Gasteiger charge is -2.34. The van der Waals surface area contributed by atoms with E-state index in [2.05, 4.69) is 0 Å². The first-order chi connectivity index (χ1) is 13.6. The topological polar surface area (TPSA) is 98.2 Å². The number of carboxylic acids is 1. The number of urea groups is 1. The summed E-state index contributed by atoms with van der Waals surface area (Å²) in [7, 11) is 0. The molecule has 8 nitrogen and oxygen atoms in total. The molecular weight excluding hydrogens is 395 g/mol. The molecule has 0 unspecified atom stereocenters. The molecule has 11 heteroatoms. The average molecular weight is 411 g/mol. The quantitative estimate of drug-likeness (QED) is 0.761. The lowest BCUT2D eigenvalue weighted by molar-refractivity contribution is -0.142. The second kappa shape index (κ2) is 6.46. The zero-order valence-electron chi connectivity index (χ0n) is 14.9. The minimum Gasteiger partial charge on any atom is -0.481 e. The number of amides is 4. The van der Waals surface area contributed by atoms with Gasteiger partial charge in [-0.15, -0.1) is 0 Å². The van der Waals surface area contributed by atoms with Crippen molar-refractivity contribution in [1.82, 2.24) is 9.80 Å². The fraction of sp³-hybridized carbons (Fsp3) is 0.444. The number of rotatable bonds is 4. The number of nitrogens with zero attached hydrogens (tertiary/aromatic N) is 3. The SMILES string of the molecule is O=C(O)CCC(=O)N1C[C@@H]2C[C@H]1[C@@H]1C(=O)N(c3cccc(C(F)(F)F)c3)C(=O)N21. The predicted molar refractivity (Wildman–Crippen MR) is 90.7 cm³/mol. The largest absolute Gasteiger partial charge is 0.481 e. The number of carbonyl (C=O) groups excluding carboxylic acids is 3. The molecule has 154 valence electrons. The first-order valence-electron chi connectivity index (χ1n) is 8.94. The monoisotopic (exact) mass is 411 g/mol. The summed E-state index contributed by atoms with van der Waals surface area (Å²) in [5, 5.41) is 8.74. The van der Waals surface area contributed by atoms with E-state index in [4.69, 9.17) is 5.11 Å². The Morgan fingerprint density at radius 2 is 1.90 bits per heavy atom. The summed E-state index contributed by atoms with van der Waals surface area (Å²) in [6, 6.07) is 1.27. The highest BCUT2D eigenvalue weighted by molar-refractivity contribution is 6.22. The first kappa shape index (κ1) is 19.2. The zero-order valence-corrected chi connectivity index (χ0v) is 14.9. The molecule has 3 aliphatic heterocycles. The molecule has 0 radical (unpaired) electrons. The van der Waals surface area contributed by atoms with Gasteiger partial charge in [-0.05, 0) is 24.6 Å². The maximum absolute atomic E-state index is 13.0. The Balaban J connectivity index is 1.58. The number of piperazine rings is 1. The molecule has 29 heavy (non-hydrogen) atoms. The number of hydrogen-bond acceptors (Lipinski definition) is 4. The van der Waals surface area contributed by atoms with E-state index >= 15 is 0 Å². The number of likely N-dealkylation sites (tertiary alicyclic amines) is 1. The number of carbonyl (C=O) groups is 4. The van der Waals surface area contributed by atoms with Crippen molar-refractivity contribution in [3.63, 3.8) is 0 Å². The minimum atomic E-state index is -4.62. The number of fused-ring (bicyclic) bond motifs is 5. The van der Waals surface area contributed by atoms with E-state index in [1.165, 1.54) is 15.9 Å². The van der Waals surface area contributed by atoms with Crippen LogP contribution in [0.2, 0.25) is 0 Å². The van der Waals surface area contributed by atoms with Crippen LogP contribution in [0.4, 0.5) is 23.7 Å². The van der Waals surface area contributed by atoms with Gasteiger partial charge in [-0.1, -0.05) is 6.07 Å². The Morgan fingerprint density at radius 1 is 1.17 bits per heavy atom. The van der Waals surface area contributed by atoms with Gasteiger partial charge in [0.1, 0.15) is 6.04 Å². The van der Waals surface area contributed by atoms with Gasteiger partial charge in [0.2, 0.25) is 5.91 Å². The summed E-state index contributed by atoms with van der Waals surface area (Å²) in [5.41, 5.74) is -1.15. The zero-order chi connectivity index (χ0) is 21.1. The van der Waals surface area contributed by atoms with Crippen molar-refractivity contribution in [2.75, 3.05) is 11.4 Å². The number of imide groups is 1. The minimum absolute atomic E-state index is 0.174. The molecule has 1 N–H and O–H groups in total. The van der Waals surface area contributed by atoms with Crippen molar-refractivity contribution >= 4 is 29.5 Å². The van der Waals surface area contributed by atoms with Crippen LogP contribution in [-0.4, -0.2) is 63.4 Å². The van der Waals surface area contributed by atoms with Gasteiger partial charge in [-0.3, -0.25) is 14.4 Å². The summed E-state index contributed by atoms with van der Waals surface area (Å²) >= 11 is 0. The Kier molecular flexibility index (Phi) is 4.28. The molecule has 3 heterocycles. The molecule has 3 fully saturated rings. The number of hydrogen-bond donors (Lipinski definition) is 1. The van der Waals surface area contributed by atoms with E-state index in [0.717, 1.165) is 23.1 Å². The van der Waals surface area contributed by atoms with Crippen LogP contribution in [0.3, 0.4) is 0 Å². The molecule has 3 aliphatic rings. The summed E-state index contributed by atoms with van der Waals surface area (Å²) < 4.78 is 39.0.